The smallest absolute Gasteiger partial charge is 0.134 e. The highest BCUT2D eigenvalue weighted by Gasteiger charge is 2.17. The van der Waals surface area contributed by atoms with Crippen LogP contribution >= 0.6 is 11.6 Å². The van der Waals surface area contributed by atoms with Gasteiger partial charge in [-0.1, -0.05) is 41.9 Å². The minimum absolute atomic E-state index is 0.113. The molecule has 0 amide bonds. The number of nitrogens with two attached hydrogens (primary N) is 1. The minimum Gasteiger partial charge on any atom is -0.459 e. The highest BCUT2D eigenvalue weighted by Crippen LogP contribution is 2.28. The van der Waals surface area contributed by atoms with Crippen LogP contribution in [0.3, 0.4) is 0 Å². The molecule has 0 saturated heterocycles. The van der Waals surface area contributed by atoms with Crippen molar-refractivity contribution < 1.29 is 4.42 Å². The number of hydrogen-bond donors (Lipinski definition) is 2. The zero-order valence-electron chi connectivity index (χ0n) is 11.8. The lowest BCUT2D eigenvalue weighted by molar-refractivity contribution is 0.434. The molecule has 2 aromatic carbocycles. The summed E-state index contributed by atoms with van der Waals surface area (Å²) in [6.45, 7) is 2.02. The van der Waals surface area contributed by atoms with Crippen LogP contribution in [0, 0.1) is 6.92 Å². The number of halogens is 1. The molecule has 3 rings (SSSR count). The van der Waals surface area contributed by atoms with Gasteiger partial charge in [-0.15, -0.1) is 0 Å². The molecule has 3 nitrogen and oxygen atoms in total. The summed E-state index contributed by atoms with van der Waals surface area (Å²) in [6, 6.07) is 15.9. The molecule has 0 aliphatic carbocycles. The number of para-hydroxylation sites is 1. The third kappa shape index (κ3) is 2.95. The lowest BCUT2D eigenvalue weighted by Crippen LogP contribution is -2.29. The van der Waals surface area contributed by atoms with Crippen molar-refractivity contribution in [3.63, 3.8) is 0 Å². The van der Waals surface area contributed by atoms with Crippen molar-refractivity contribution in [1.82, 2.24) is 5.43 Å². The average Bonchev–Trinajstić information content (AvgIpc) is 2.90. The fourth-order valence-corrected chi connectivity index (χ4v) is 2.77. The number of nitrogens with one attached hydrogen (secondary N) is 1. The maximum atomic E-state index is 6.30. The van der Waals surface area contributed by atoms with Crippen LogP contribution in [0.1, 0.15) is 22.9 Å². The second-order valence-corrected chi connectivity index (χ2v) is 5.61. The fourth-order valence-electron chi connectivity index (χ4n) is 2.45. The SMILES string of the molecule is Cc1ccc(CC(NN)c2cc3ccccc3o2)c(Cl)c1. The van der Waals surface area contributed by atoms with Gasteiger partial charge in [-0.2, -0.15) is 0 Å². The summed E-state index contributed by atoms with van der Waals surface area (Å²) in [5.74, 6) is 6.52. The largest absolute Gasteiger partial charge is 0.459 e. The summed E-state index contributed by atoms with van der Waals surface area (Å²) in [4.78, 5) is 0. The third-order valence-electron chi connectivity index (χ3n) is 3.62. The van der Waals surface area contributed by atoms with Gasteiger partial charge in [0, 0.05) is 10.4 Å². The van der Waals surface area contributed by atoms with Gasteiger partial charge in [-0.05, 0) is 42.7 Å². The van der Waals surface area contributed by atoms with E-state index < -0.39 is 0 Å². The molecule has 0 spiro atoms. The molecule has 1 unspecified atom stereocenters. The number of fused-ring (bicyclic) bond motifs is 1. The Kier molecular flexibility index (Phi) is 3.97. The van der Waals surface area contributed by atoms with Gasteiger partial charge in [-0.25, -0.2) is 5.43 Å². The molecule has 0 bridgehead atoms. The Morgan fingerprint density at radius 2 is 2.00 bits per heavy atom. The van der Waals surface area contributed by atoms with Crippen molar-refractivity contribution in [3.05, 3.63) is 70.4 Å². The Bertz CT molecular complexity index is 733. The molecule has 3 aromatic rings. The number of rotatable bonds is 4. The Morgan fingerprint density at radius 1 is 1.19 bits per heavy atom. The number of aryl methyl sites for hydroxylation is 1. The lowest BCUT2D eigenvalue weighted by Gasteiger charge is -2.14. The van der Waals surface area contributed by atoms with Gasteiger partial charge in [0.15, 0.2) is 0 Å². The Morgan fingerprint density at radius 3 is 2.71 bits per heavy atom. The first-order valence-corrected chi connectivity index (χ1v) is 7.25. The quantitative estimate of drug-likeness (QED) is 0.562. The van der Waals surface area contributed by atoms with Crippen LogP contribution in [0.15, 0.2) is 52.9 Å². The number of hydrazine groups is 1. The van der Waals surface area contributed by atoms with Gasteiger partial charge in [-0.3, -0.25) is 5.84 Å². The zero-order chi connectivity index (χ0) is 14.8. The molecule has 0 radical (unpaired) electrons. The normalized spacial score (nSPS) is 12.7. The second-order valence-electron chi connectivity index (χ2n) is 5.20. The molecule has 1 heterocycles. The first kappa shape index (κ1) is 14.1. The Labute approximate surface area is 128 Å². The van der Waals surface area contributed by atoms with Crippen LogP contribution in [0.2, 0.25) is 5.02 Å². The highest BCUT2D eigenvalue weighted by molar-refractivity contribution is 6.31. The van der Waals surface area contributed by atoms with Crippen molar-refractivity contribution >= 4 is 22.6 Å². The summed E-state index contributed by atoms with van der Waals surface area (Å²) in [7, 11) is 0. The topological polar surface area (TPSA) is 51.2 Å². The van der Waals surface area contributed by atoms with Crippen LogP contribution in [0.4, 0.5) is 0 Å². The van der Waals surface area contributed by atoms with Crippen molar-refractivity contribution in [2.45, 2.75) is 19.4 Å². The molecule has 0 aliphatic heterocycles. The van der Waals surface area contributed by atoms with E-state index in [1.807, 2.05) is 55.5 Å². The summed E-state index contributed by atoms with van der Waals surface area (Å²) < 4.78 is 5.87. The van der Waals surface area contributed by atoms with E-state index in [0.717, 1.165) is 32.9 Å². The summed E-state index contributed by atoms with van der Waals surface area (Å²) in [6.07, 6.45) is 0.676. The van der Waals surface area contributed by atoms with Gasteiger partial charge < -0.3 is 4.42 Å². The summed E-state index contributed by atoms with van der Waals surface area (Å²) >= 11 is 6.30. The van der Waals surface area contributed by atoms with Gasteiger partial charge >= 0.3 is 0 Å². The van der Waals surface area contributed by atoms with E-state index in [0.29, 0.717) is 6.42 Å². The van der Waals surface area contributed by atoms with Crippen LogP contribution in [0.25, 0.3) is 11.0 Å². The number of benzene rings is 2. The minimum atomic E-state index is -0.113. The predicted octanol–water partition coefficient (Wildman–Crippen LogP) is 4.14. The molecule has 0 saturated carbocycles. The summed E-state index contributed by atoms with van der Waals surface area (Å²) in [5, 5.41) is 1.83. The first-order valence-electron chi connectivity index (χ1n) is 6.87. The van der Waals surface area contributed by atoms with Crippen LogP contribution in [0.5, 0.6) is 0 Å². The van der Waals surface area contributed by atoms with E-state index in [2.05, 4.69) is 5.43 Å². The van der Waals surface area contributed by atoms with Gasteiger partial charge in [0.1, 0.15) is 11.3 Å². The van der Waals surface area contributed by atoms with Crippen LogP contribution < -0.4 is 11.3 Å². The number of furan rings is 1. The van der Waals surface area contributed by atoms with E-state index in [1.54, 1.807) is 0 Å². The Hall–Kier alpha value is -1.81. The molecule has 0 aliphatic rings. The average molecular weight is 301 g/mol. The maximum Gasteiger partial charge on any atom is 0.134 e. The molecule has 1 aromatic heterocycles. The molecule has 3 N–H and O–H groups in total. The van der Waals surface area contributed by atoms with Crippen LogP contribution in [-0.2, 0) is 6.42 Å². The van der Waals surface area contributed by atoms with Crippen LogP contribution in [-0.4, -0.2) is 0 Å². The van der Waals surface area contributed by atoms with E-state index in [4.69, 9.17) is 21.9 Å². The van der Waals surface area contributed by atoms with Crippen molar-refractivity contribution in [2.75, 3.05) is 0 Å². The monoisotopic (exact) mass is 300 g/mol. The van der Waals surface area contributed by atoms with E-state index >= 15 is 0 Å². The predicted molar refractivity (Wildman–Crippen MR) is 86.2 cm³/mol. The lowest BCUT2D eigenvalue weighted by atomic mass is 10.0. The molecule has 108 valence electrons. The molecule has 1 atom stereocenters. The third-order valence-corrected chi connectivity index (χ3v) is 3.97. The highest BCUT2D eigenvalue weighted by atomic mass is 35.5. The summed E-state index contributed by atoms with van der Waals surface area (Å²) in [5.41, 5.74) is 5.87. The molecule has 4 heteroatoms. The molecule has 0 fully saturated rings. The van der Waals surface area contributed by atoms with E-state index in [9.17, 15) is 0 Å². The van der Waals surface area contributed by atoms with Gasteiger partial charge in [0.05, 0.1) is 6.04 Å². The van der Waals surface area contributed by atoms with Crippen molar-refractivity contribution in [1.29, 1.82) is 0 Å². The molecular weight excluding hydrogens is 284 g/mol. The Balaban J connectivity index is 1.90. The van der Waals surface area contributed by atoms with E-state index in [-0.39, 0.29) is 6.04 Å². The van der Waals surface area contributed by atoms with Crippen molar-refractivity contribution in [3.8, 4) is 0 Å². The fraction of sp³-hybridized carbons (Fsp3) is 0.176. The number of hydrogen-bond acceptors (Lipinski definition) is 3. The van der Waals surface area contributed by atoms with Gasteiger partial charge in [0.2, 0.25) is 0 Å². The maximum absolute atomic E-state index is 6.30. The zero-order valence-corrected chi connectivity index (χ0v) is 12.5. The standard InChI is InChI=1S/C17H17ClN2O/c1-11-6-7-12(14(18)8-11)9-15(20-19)17-10-13-4-2-3-5-16(13)21-17/h2-8,10,15,20H,9,19H2,1H3. The second kappa shape index (κ2) is 5.90. The van der Waals surface area contributed by atoms with E-state index in [1.165, 1.54) is 0 Å². The molecule has 21 heavy (non-hydrogen) atoms. The van der Waals surface area contributed by atoms with Crippen molar-refractivity contribution in [2.24, 2.45) is 5.84 Å². The first-order chi connectivity index (χ1) is 10.2. The van der Waals surface area contributed by atoms with Gasteiger partial charge in [0.25, 0.3) is 0 Å². The molecular formula is C17H17ClN2O.